The van der Waals surface area contributed by atoms with Crippen LogP contribution in [0.1, 0.15) is 54.6 Å². The van der Waals surface area contributed by atoms with E-state index in [9.17, 15) is 18.0 Å². The topological polar surface area (TPSA) is 78.9 Å². The van der Waals surface area contributed by atoms with E-state index in [1.807, 2.05) is 6.92 Å². The molecule has 2 aromatic rings. The number of aliphatic imine (C=N–C) groups is 1. The Morgan fingerprint density at radius 3 is 2.43 bits per heavy atom. The summed E-state index contributed by atoms with van der Waals surface area (Å²) < 4.78 is 70.8. The lowest BCUT2D eigenvalue weighted by molar-refractivity contribution is -0.131. The second kappa shape index (κ2) is 11.2. The van der Waals surface area contributed by atoms with Gasteiger partial charge in [-0.2, -0.15) is 8.78 Å². The largest absolute Gasteiger partial charge is 0.478 e. The minimum absolute atomic E-state index is 0.0222. The van der Waals surface area contributed by atoms with Gasteiger partial charge in [0.25, 0.3) is 0 Å². The smallest absolute Gasteiger partial charge is 0.331 e. The lowest BCUT2D eigenvalue weighted by Gasteiger charge is -2.44. The quantitative estimate of drug-likeness (QED) is 0.201. The first kappa shape index (κ1) is 28.0. The fraction of sp³-hybridized carbons (Fsp3) is 0.333. The Balaban J connectivity index is 2.18. The molecule has 2 atom stereocenters. The molecule has 0 saturated heterocycles. The number of carboxylic acids is 1. The zero-order valence-electron chi connectivity index (χ0n) is 20.6. The number of aliphatic carboxylic acids is 1. The molecule has 0 radical (unpaired) electrons. The summed E-state index contributed by atoms with van der Waals surface area (Å²) in [5.74, 6) is -3.09. The van der Waals surface area contributed by atoms with Crippen LogP contribution < -0.4 is 5.73 Å². The van der Waals surface area contributed by atoms with Crippen LogP contribution in [0, 0.1) is 11.6 Å². The molecule has 1 aliphatic rings. The summed E-state index contributed by atoms with van der Waals surface area (Å²) in [6.07, 6.45) is 4.34. The van der Waals surface area contributed by atoms with E-state index >= 15 is 8.78 Å². The first-order chi connectivity index (χ1) is 17.3. The highest BCUT2D eigenvalue weighted by Gasteiger charge is 2.39. The van der Waals surface area contributed by atoms with Gasteiger partial charge in [0.05, 0.1) is 6.04 Å². The highest BCUT2D eigenvalue weighted by atomic mass is 19.3. The lowest BCUT2D eigenvalue weighted by atomic mass is 9.82. The third kappa shape index (κ3) is 6.82. The van der Waals surface area contributed by atoms with Crippen LogP contribution in [0.15, 0.2) is 47.6 Å². The standard InChI is InChI=1S/C27H28F5N3O2/c1-15-8-18-11-17(19(12-33)13-34-26(30)31)5-6-20(18)25(35(15)14-27(2,3)32)24-21(28)9-16(10-22(24)29)4-7-23(36)37/h4-7,9-13,15,25-26H,8,14,33H2,1-3H3,(H,36,37)/b7-4+,19-12?,34-13?. The molecule has 0 fully saturated rings. The number of nitrogens with zero attached hydrogens (tertiary/aromatic N) is 2. The first-order valence-corrected chi connectivity index (χ1v) is 11.5. The average molecular weight is 522 g/mol. The fourth-order valence-corrected chi connectivity index (χ4v) is 4.58. The van der Waals surface area contributed by atoms with E-state index in [1.165, 1.54) is 13.8 Å². The number of allylic oxidation sites excluding steroid dienone is 1. The van der Waals surface area contributed by atoms with Crippen molar-refractivity contribution in [2.24, 2.45) is 10.7 Å². The number of hydrogen-bond acceptors (Lipinski definition) is 4. The van der Waals surface area contributed by atoms with Gasteiger partial charge >= 0.3 is 12.5 Å². The Morgan fingerprint density at radius 2 is 1.89 bits per heavy atom. The van der Waals surface area contributed by atoms with E-state index in [2.05, 4.69) is 4.99 Å². The highest BCUT2D eigenvalue weighted by Crippen LogP contribution is 2.42. The zero-order chi connectivity index (χ0) is 27.5. The van der Waals surface area contributed by atoms with Gasteiger partial charge in [-0.15, -0.1) is 0 Å². The maximum Gasteiger partial charge on any atom is 0.331 e. The van der Waals surface area contributed by atoms with Gasteiger partial charge in [0.2, 0.25) is 0 Å². The first-order valence-electron chi connectivity index (χ1n) is 11.5. The van der Waals surface area contributed by atoms with Crippen LogP contribution >= 0.6 is 0 Å². The molecule has 0 aliphatic carbocycles. The number of carboxylic acid groups (broad SMARTS) is 1. The van der Waals surface area contributed by atoms with E-state index in [4.69, 9.17) is 10.8 Å². The summed E-state index contributed by atoms with van der Waals surface area (Å²) in [6.45, 7) is 1.54. The molecular formula is C27H28F5N3O2. The number of alkyl halides is 3. The molecule has 5 nitrogen and oxygen atoms in total. The number of fused-ring (bicyclic) bond motifs is 1. The summed E-state index contributed by atoms with van der Waals surface area (Å²) in [5, 5.41) is 8.82. The van der Waals surface area contributed by atoms with Crippen LogP contribution in [-0.4, -0.2) is 47.0 Å². The molecular weight excluding hydrogens is 493 g/mol. The van der Waals surface area contributed by atoms with Crippen molar-refractivity contribution in [1.82, 2.24) is 4.90 Å². The van der Waals surface area contributed by atoms with Crippen molar-refractivity contribution in [1.29, 1.82) is 0 Å². The molecule has 2 aromatic carbocycles. The normalized spacial score (nSPS) is 19.2. The molecule has 0 aromatic heterocycles. The van der Waals surface area contributed by atoms with Crippen molar-refractivity contribution in [2.45, 2.75) is 51.5 Å². The molecule has 0 amide bonds. The van der Waals surface area contributed by atoms with Gasteiger partial charge in [-0.25, -0.2) is 23.0 Å². The summed E-state index contributed by atoms with van der Waals surface area (Å²) in [6, 6.07) is 5.62. The number of hydrogen-bond donors (Lipinski definition) is 2. The second-order valence-corrected chi connectivity index (χ2v) is 9.51. The van der Waals surface area contributed by atoms with Crippen molar-refractivity contribution in [3.05, 3.63) is 82.1 Å². The fourth-order valence-electron chi connectivity index (χ4n) is 4.58. The second-order valence-electron chi connectivity index (χ2n) is 9.51. The van der Waals surface area contributed by atoms with E-state index < -0.39 is 35.9 Å². The van der Waals surface area contributed by atoms with Crippen molar-refractivity contribution < 1.29 is 31.9 Å². The molecule has 1 aliphatic heterocycles. The molecule has 0 saturated carbocycles. The Morgan fingerprint density at radius 1 is 1.24 bits per heavy atom. The van der Waals surface area contributed by atoms with Crippen molar-refractivity contribution in [3.8, 4) is 0 Å². The number of halogens is 5. The summed E-state index contributed by atoms with van der Waals surface area (Å²) in [7, 11) is 0. The van der Waals surface area contributed by atoms with Crippen LogP contribution in [-0.2, 0) is 11.2 Å². The third-order valence-electron chi connectivity index (χ3n) is 6.04. The van der Waals surface area contributed by atoms with E-state index in [1.54, 1.807) is 23.1 Å². The van der Waals surface area contributed by atoms with Crippen LogP contribution in [0.25, 0.3) is 11.6 Å². The van der Waals surface area contributed by atoms with Gasteiger partial charge in [0.1, 0.15) is 17.3 Å². The molecule has 3 rings (SSSR count). The Labute approximate surface area is 211 Å². The number of rotatable bonds is 8. The lowest BCUT2D eigenvalue weighted by Crippen LogP contribution is -2.48. The third-order valence-corrected chi connectivity index (χ3v) is 6.04. The van der Waals surface area contributed by atoms with Gasteiger partial charge in [0.15, 0.2) is 0 Å². The molecule has 198 valence electrons. The van der Waals surface area contributed by atoms with E-state index in [0.717, 1.165) is 36.7 Å². The SMILES string of the molecule is CC1Cc2cc(C(C=NC(F)F)=CN)ccc2C(c2c(F)cc(/C=C/C(=O)O)cc2F)N1CC(C)(C)F. The predicted octanol–water partition coefficient (Wildman–Crippen LogP) is 5.74. The van der Waals surface area contributed by atoms with Gasteiger partial charge in [0, 0.05) is 42.2 Å². The summed E-state index contributed by atoms with van der Waals surface area (Å²) in [4.78, 5) is 15.6. The highest BCUT2D eigenvalue weighted by molar-refractivity contribution is 6.09. The molecule has 0 spiro atoms. The van der Waals surface area contributed by atoms with Crippen LogP contribution in [0.3, 0.4) is 0 Å². The van der Waals surface area contributed by atoms with Gasteiger partial charge < -0.3 is 10.8 Å². The Bertz CT molecular complexity index is 1230. The molecule has 0 bridgehead atoms. The number of carbonyl (C=O) groups is 1. The van der Waals surface area contributed by atoms with Crippen molar-refractivity contribution in [2.75, 3.05) is 6.54 Å². The van der Waals surface area contributed by atoms with Crippen LogP contribution in [0.2, 0.25) is 0 Å². The summed E-state index contributed by atoms with van der Waals surface area (Å²) >= 11 is 0. The minimum atomic E-state index is -2.91. The monoisotopic (exact) mass is 521 g/mol. The average Bonchev–Trinajstić information content (AvgIpc) is 2.78. The van der Waals surface area contributed by atoms with Gasteiger partial charge in [-0.05, 0) is 67.7 Å². The van der Waals surface area contributed by atoms with Crippen molar-refractivity contribution in [3.63, 3.8) is 0 Å². The maximum absolute atomic E-state index is 15.4. The van der Waals surface area contributed by atoms with Gasteiger partial charge in [-0.3, -0.25) is 4.90 Å². The number of nitrogens with two attached hydrogens (primary N) is 1. The van der Waals surface area contributed by atoms with Crippen molar-refractivity contribution >= 4 is 23.8 Å². The molecule has 10 heteroatoms. The maximum atomic E-state index is 15.4. The van der Waals surface area contributed by atoms with E-state index in [-0.39, 0.29) is 29.3 Å². The van der Waals surface area contributed by atoms with Crippen LogP contribution in [0.5, 0.6) is 0 Å². The zero-order valence-corrected chi connectivity index (χ0v) is 20.6. The Kier molecular flexibility index (Phi) is 8.53. The summed E-state index contributed by atoms with van der Waals surface area (Å²) in [5.41, 5.74) is 5.61. The molecule has 37 heavy (non-hydrogen) atoms. The molecule has 1 heterocycles. The van der Waals surface area contributed by atoms with Crippen LogP contribution in [0.4, 0.5) is 22.0 Å². The molecule has 2 unspecified atom stereocenters. The molecule has 3 N–H and O–H groups in total. The number of benzene rings is 2. The van der Waals surface area contributed by atoms with Gasteiger partial charge in [-0.1, -0.05) is 18.2 Å². The Hall–Kier alpha value is -3.53. The predicted molar refractivity (Wildman–Crippen MR) is 133 cm³/mol. The van der Waals surface area contributed by atoms with E-state index in [0.29, 0.717) is 23.1 Å². The minimum Gasteiger partial charge on any atom is -0.478 e.